The highest BCUT2D eigenvalue weighted by Crippen LogP contribution is 2.28. The average Bonchev–Trinajstić information content (AvgIpc) is 2.53. The number of sulfonamides is 1. The lowest BCUT2D eigenvalue weighted by molar-refractivity contribution is -0.115. The maximum atomic E-state index is 12.3. The molecule has 2 aromatic rings. The number of hydrogen-bond acceptors (Lipinski definition) is 4. The third-order valence-electron chi connectivity index (χ3n) is 3.40. The minimum Gasteiger partial charge on any atom is -0.495 e. The Kier molecular flexibility index (Phi) is 6.63. The van der Waals surface area contributed by atoms with Gasteiger partial charge in [-0.3, -0.25) is 4.79 Å². The van der Waals surface area contributed by atoms with Gasteiger partial charge in [0.15, 0.2) is 0 Å². The molecule has 0 saturated carbocycles. The lowest BCUT2D eigenvalue weighted by Gasteiger charge is -2.14. The van der Waals surface area contributed by atoms with E-state index in [4.69, 9.17) is 16.3 Å². The van der Waals surface area contributed by atoms with Crippen LogP contribution in [-0.2, 0) is 21.2 Å². The smallest absolute Gasteiger partial charge is 0.240 e. The molecule has 1 amide bonds. The summed E-state index contributed by atoms with van der Waals surface area (Å²) >= 11 is 5.92. The molecule has 2 aromatic carbocycles. The number of hydrogen-bond donors (Lipinski definition) is 2. The van der Waals surface area contributed by atoms with E-state index in [0.29, 0.717) is 10.8 Å². The lowest BCUT2D eigenvalue weighted by Crippen LogP contribution is -2.30. The highest BCUT2D eigenvalue weighted by molar-refractivity contribution is 7.89. The number of benzene rings is 2. The van der Waals surface area contributed by atoms with Gasteiger partial charge in [-0.05, 0) is 49.7 Å². The second-order valence-electron chi connectivity index (χ2n) is 5.99. The van der Waals surface area contributed by atoms with E-state index in [1.165, 1.54) is 25.3 Å². The lowest BCUT2D eigenvalue weighted by atomic mass is 10.1. The zero-order chi connectivity index (χ0) is 19.3. The zero-order valence-corrected chi connectivity index (χ0v) is 16.3. The first-order valence-electron chi connectivity index (χ1n) is 7.96. The van der Waals surface area contributed by atoms with Gasteiger partial charge < -0.3 is 10.1 Å². The standard InChI is InChI=1S/C18H21ClN2O4S/c1-12(2)21-26(23,24)15-7-8-17(25-3)16(11-15)20-18(22)10-13-5-4-6-14(19)9-13/h4-9,11-12,21H,10H2,1-3H3,(H,20,22). The molecule has 0 unspecified atom stereocenters. The number of carbonyl (C=O) groups is 1. The normalized spacial score (nSPS) is 11.4. The second kappa shape index (κ2) is 8.53. The molecule has 0 aliphatic carbocycles. The Bertz CT molecular complexity index is 898. The van der Waals surface area contributed by atoms with Crippen molar-refractivity contribution < 1.29 is 17.9 Å². The summed E-state index contributed by atoms with van der Waals surface area (Å²) in [5, 5.41) is 3.24. The Morgan fingerprint density at radius 3 is 2.54 bits per heavy atom. The molecule has 140 valence electrons. The van der Waals surface area contributed by atoms with Crippen LogP contribution in [-0.4, -0.2) is 27.5 Å². The minimum atomic E-state index is -3.68. The summed E-state index contributed by atoms with van der Waals surface area (Å²) in [6, 6.07) is 11.0. The first kappa shape index (κ1) is 20.2. The molecule has 6 nitrogen and oxygen atoms in total. The van der Waals surface area contributed by atoms with E-state index < -0.39 is 10.0 Å². The van der Waals surface area contributed by atoms with Crippen LogP contribution in [0.15, 0.2) is 47.4 Å². The second-order valence-corrected chi connectivity index (χ2v) is 8.14. The summed E-state index contributed by atoms with van der Waals surface area (Å²) in [4.78, 5) is 12.4. The van der Waals surface area contributed by atoms with Crippen molar-refractivity contribution in [2.45, 2.75) is 31.2 Å². The SMILES string of the molecule is COc1ccc(S(=O)(=O)NC(C)C)cc1NC(=O)Cc1cccc(Cl)c1. The van der Waals surface area contributed by atoms with Crippen molar-refractivity contribution in [2.24, 2.45) is 0 Å². The Hall–Kier alpha value is -2.09. The number of rotatable bonds is 7. The molecule has 0 heterocycles. The third kappa shape index (κ3) is 5.45. The molecular weight excluding hydrogens is 376 g/mol. The van der Waals surface area contributed by atoms with Crippen molar-refractivity contribution in [3.63, 3.8) is 0 Å². The van der Waals surface area contributed by atoms with Crippen LogP contribution in [0.1, 0.15) is 19.4 Å². The quantitative estimate of drug-likeness (QED) is 0.752. The number of halogens is 1. The summed E-state index contributed by atoms with van der Waals surface area (Å²) in [5.74, 6) is 0.0601. The van der Waals surface area contributed by atoms with Gasteiger partial charge in [-0.1, -0.05) is 23.7 Å². The number of methoxy groups -OCH3 is 1. The number of amides is 1. The van der Waals surface area contributed by atoms with Gasteiger partial charge in [-0.2, -0.15) is 0 Å². The van der Waals surface area contributed by atoms with Gasteiger partial charge in [0.1, 0.15) is 5.75 Å². The van der Waals surface area contributed by atoms with E-state index >= 15 is 0 Å². The third-order valence-corrected chi connectivity index (χ3v) is 5.29. The highest BCUT2D eigenvalue weighted by atomic mass is 35.5. The number of nitrogens with one attached hydrogen (secondary N) is 2. The van der Waals surface area contributed by atoms with Gasteiger partial charge in [-0.25, -0.2) is 13.1 Å². The molecule has 0 fully saturated rings. The Morgan fingerprint density at radius 1 is 1.19 bits per heavy atom. The maximum Gasteiger partial charge on any atom is 0.240 e. The first-order valence-corrected chi connectivity index (χ1v) is 9.82. The molecule has 0 aliphatic rings. The zero-order valence-electron chi connectivity index (χ0n) is 14.7. The Morgan fingerprint density at radius 2 is 1.92 bits per heavy atom. The summed E-state index contributed by atoms with van der Waals surface area (Å²) in [7, 11) is -2.23. The minimum absolute atomic E-state index is 0.0463. The van der Waals surface area contributed by atoms with Crippen LogP contribution in [0.2, 0.25) is 5.02 Å². The maximum absolute atomic E-state index is 12.3. The van der Waals surface area contributed by atoms with Gasteiger partial charge in [0.25, 0.3) is 0 Å². The van der Waals surface area contributed by atoms with Crippen LogP contribution in [0.4, 0.5) is 5.69 Å². The molecule has 2 N–H and O–H groups in total. The van der Waals surface area contributed by atoms with Gasteiger partial charge >= 0.3 is 0 Å². The molecular formula is C18H21ClN2O4S. The van der Waals surface area contributed by atoms with E-state index in [1.807, 2.05) is 0 Å². The molecule has 0 aliphatic heterocycles. The topological polar surface area (TPSA) is 84.5 Å². The van der Waals surface area contributed by atoms with Crippen LogP contribution in [0.5, 0.6) is 5.75 Å². The van der Waals surface area contributed by atoms with Crippen LogP contribution in [0, 0.1) is 0 Å². The molecule has 0 radical (unpaired) electrons. The Balaban J connectivity index is 2.24. The summed E-state index contributed by atoms with van der Waals surface area (Å²) in [5.41, 5.74) is 1.03. The van der Waals surface area contributed by atoms with Crippen molar-refractivity contribution in [1.29, 1.82) is 0 Å². The molecule has 2 rings (SSSR count). The van der Waals surface area contributed by atoms with Crippen molar-refractivity contribution >= 4 is 33.2 Å². The predicted molar refractivity (Wildman–Crippen MR) is 102 cm³/mol. The molecule has 0 atom stereocenters. The predicted octanol–water partition coefficient (Wildman–Crippen LogP) is 3.22. The largest absolute Gasteiger partial charge is 0.495 e. The summed E-state index contributed by atoms with van der Waals surface area (Å²) in [6.07, 6.45) is 0.102. The molecule has 0 bridgehead atoms. The monoisotopic (exact) mass is 396 g/mol. The fourth-order valence-corrected chi connectivity index (χ4v) is 3.85. The van der Waals surface area contributed by atoms with E-state index in [2.05, 4.69) is 10.0 Å². The average molecular weight is 397 g/mol. The highest BCUT2D eigenvalue weighted by Gasteiger charge is 2.18. The van der Waals surface area contributed by atoms with Crippen molar-refractivity contribution in [3.8, 4) is 5.75 Å². The van der Waals surface area contributed by atoms with Gasteiger partial charge in [0.05, 0.1) is 24.1 Å². The van der Waals surface area contributed by atoms with Crippen LogP contribution >= 0.6 is 11.6 Å². The van der Waals surface area contributed by atoms with Gasteiger partial charge in [0.2, 0.25) is 15.9 Å². The van der Waals surface area contributed by atoms with Gasteiger partial charge in [0, 0.05) is 11.1 Å². The first-order chi connectivity index (χ1) is 12.2. The number of carbonyl (C=O) groups excluding carboxylic acids is 1. The molecule has 26 heavy (non-hydrogen) atoms. The Labute approximate surface area is 158 Å². The van der Waals surface area contributed by atoms with E-state index in [0.717, 1.165) is 5.56 Å². The van der Waals surface area contributed by atoms with Crippen molar-refractivity contribution in [2.75, 3.05) is 12.4 Å². The van der Waals surface area contributed by atoms with Crippen LogP contribution in [0.3, 0.4) is 0 Å². The van der Waals surface area contributed by atoms with E-state index in [9.17, 15) is 13.2 Å². The molecule has 0 spiro atoms. The van der Waals surface area contributed by atoms with Crippen molar-refractivity contribution in [3.05, 3.63) is 53.1 Å². The summed E-state index contributed by atoms with van der Waals surface area (Å²) in [6.45, 7) is 3.46. The fourth-order valence-electron chi connectivity index (χ4n) is 2.36. The molecule has 8 heteroatoms. The molecule has 0 aromatic heterocycles. The summed E-state index contributed by atoms with van der Waals surface area (Å²) < 4.78 is 32.4. The van der Waals surface area contributed by atoms with Gasteiger partial charge in [-0.15, -0.1) is 0 Å². The molecule has 0 saturated heterocycles. The van der Waals surface area contributed by atoms with Crippen LogP contribution < -0.4 is 14.8 Å². The number of ether oxygens (including phenoxy) is 1. The van der Waals surface area contributed by atoms with Crippen LogP contribution in [0.25, 0.3) is 0 Å². The van der Waals surface area contributed by atoms with E-state index in [-0.39, 0.29) is 29.0 Å². The number of anilines is 1. The fraction of sp³-hybridized carbons (Fsp3) is 0.278. The van der Waals surface area contributed by atoms with Crippen molar-refractivity contribution in [1.82, 2.24) is 4.72 Å². The van der Waals surface area contributed by atoms with E-state index in [1.54, 1.807) is 38.1 Å².